The molecule has 3 rings (SSSR count). The Morgan fingerprint density at radius 2 is 1.69 bits per heavy atom. The molecule has 0 unspecified atom stereocenters. The van der Waals surface area contributed by atoms with E-state index in [-0.39, 0.29) is 16.7 Å². The predicted molar refractivity (Wildman–Crippen MR) is 141 cm³/mol. The lowest BCUT2D eigenvalue weighted by Gasteiger charge is -2.25. The van der Waals surface area contributed by atoms with Gasteiger partial charge in [0.1, 0.15) is 0 Å². The highest BCUT2D eigenvalue weighted by molar-refractivity contribution is 7.89. The maximum atomic E-state index is 13.3. The Kier molecular flexibility index (Phi) is 9.04. The monoisotopic (exact) mass is 517 g/mol. The van der Waals surface area contributed by atoms with Crippen molar-refractivity contribution in [2.75, 3.05) is 26.8 Å². The van der Waals surface area contributed by atoms with Crippen molar-refractivity contribution < 1.29 is 17.9 Å². The van der Waals surface area contributed by atoms with Gasteiger partial charge in [-0.1, -0.05) is 45.1 Å². The number of nitrogens with zero attached hydrogens (tertiary/aromatic N) is 3. The van der Waals surface area contributed by atoms with Crippen molar-refractivity contribution >= 4 is 37.5 Å². The van der Waals surface area contributed by atoms with Crippen molar-refractivity contribution in [2.45, 2.75) is 46.1 Å². The van der Waals surface area contributed by atoms with E-state index in [0.717, 1.165) is 15.8 Å². The first-order chi connectivity index (χ1) is 16.5. The average Bonchev–Trinajstić information content (AvgIpc) is 3.12. The Morgan fingerprint density at radius 3 is 2.26 bits per heavy atom. The van der Waals surface area contributed by atoms with Gasteiger partial charge in [-0.25, -0.2) is 8.42 Å². The number of carbonyl (C=O) groups excluding carboxylic acids is 1. The lowest BCUT2D eigenvalue weighted by atomic mass is 10.2. The summed E-state index contributed by atoms with van der Waals surface area (Å²) in [5.74, 6) is 0.000707. The van der Waals surface area contributed by atoms with E-state index in [1.165, 1.54) is 27.8 Å². The molecule has 0 saturated heterocycles. The third-order valence-electron chi connectivity index (χ3n) is 5.43. The minimum atomic E-state index is -3.66. The van der Waals surface area contributed by atoms with Crippen molar-refractivity contribution in [3.05, 3.63) is 58.4 Å². The summed E-state index contributed by atoms with van der Waals surface area (Å²) in [5.41, 5.74) is 2.48. The number of hydrogen-bond acceptors (Lipinski definition) is 5. The maximum absolute atomic E-state index is 13.3. The summed E-state index contributed by atoms with van der Waals surface area (Å²) in [6.07, 6.45) is 0. The fourth-order valence-corrected chi connectivity index (χ4v) is 6.74. The molecule has 0 aliphatic heterocycles. The summed E-state index contributed by atoms with van der Waals surface area (Å²) in [6.45, 7) is 12.0. The van der Waals surface area contributed by atoms with Gasteiger partial charge in [0.25, 0.3) is 5.91 Å². The van der Waals surface area contributed by atoms with E-state index >= 15 is 0 Å². The van der Waals surface area contributed by atoms with Crippen LogP contribution in [0, 0.1) is 18.8 Å². The number of ether oxygens (including phenoxy) is 1. The molecule has 0 saturated carbocycles. The molecule has 1 aromatic heterocycles. The number of fused-ring (bicyclic) bond motifs is 1. The van der Waals surface area contributed by atoms with Crippen LogP contribution in [0.5, 0.6) is 0 Å². The molecule has 2 aromatic carbocycles. The Labute approximate surface area is 212 Å². The van der Waals surface area contributed by atoms with E-state index in [9.17, 15) is 13.2 Å². The average molecular weight is 518 g/mol. The third kappa shape index (κ3) is 6.67. The lowest BCUT2D eigenvalue weighted by Crippen LogP contribution is -2.37. The van der Waals surface area contributed by atoms with Gasteiger partial charge in [0.05, 0.1) is 21.7 Å². The highest BCUT2D eigenvalue weighted by Gasteiger charge is 2.26. The normalized spacial score (nSPS) is 13.0. The van der Waals surface area contributed by atoms with Crippen LogP contribution in [0.2, 0.25) is 0 Å². The van der Waals surface area contributed by atoms with Crippen LogP contribution in [0.1, 0.15) is 43.6 Å². The zero-order valence-corrected chi connectivity index (χ0v) is 22.9. The van der Waals surface area contributed by atoms with Crippen molar-refractivity contribution in [3.8, 4) is 0 Å². The quantitative estimate of drug-likeness (QED) is 0.390. The van der Waals surface area contributed by atoms with Crippen LogP contribution >= 0.6 is 11.3 Å². The van der Waals surface area contributed by atoms with Gasteiger partial charge < -0.3 is 9.30 Å². The number of sulfonamides is 1. The molecule has 3 aromatic rings. The molecule has 0 fully saturated rings. The van der Waals surface area contributed by atoms with Gasteiger partial charge in [0, 0.05) is 32.3 Å². The number of hydrogen-bond donors (Lipinski definition) is 0. The molecule has 0 aliphatic rings. The largest absolute Gasteiger partial charge is 0.383 e. The van der Waals surface area contributed by atoms with E-state index in [0.29, 0.717) is 36.6 Å². The molecule has 190 valence electrons. The summed E-state index contributed by atoms with van der Waals surface area (Å²) in [5, 5.41) is 0. The van der Waals surface area contributed by atoms with Gasteiger partial charge in [-0.05, 0) is 60.7 Å². The van der Waals surface area contributed by atoms with Crippen molar-refractivity contribution in [2.24, 2.45) is 16.8 Å². The summed E-state index contributed by atoms with van der Waals surface area (Å²) in [4.78, 5) is 18.2. The number of aromatic nitrogens is 1. The van der Waals surface area contributed by atoms with Crippen LogP contribution in [-0.2, 0) is 21.3 Å². The highest BCUT2D eigenvalue weighted by atomic mass is 32.2. The first-order valence-electron chi connectivity index (χ1n) is 11.8. The molecule has 0 atom stereocenters. The molecule has 0 bridgehead atoms. The second kappa shape index (κ2) is 11.6. The maximum Gasteiger partial charge on any atom is 0.279 e. The summed E-state index contributed by atoms with van der Waals surface area (Å²) in [7, 11) is -2.02. The van der Waals surface area contributed by atoms with E-state index in [1.54, 1.807) is 19.2 Å². The van der Waals surface area contributed by atoms with Gasteiger partial charge in [-0.2, -0.15) is 9.30 Å². The Balaban J connectivity index is 1.94. The smallest absolute Gasteiger partial charge is 0.279 e. The first-order valence-corrected chi connectivity index (χ1v) is 14.1. The molecule has 7 nitrogen and oxygen atoms in total. The molecule has 1 amide bonds. The molecular formula is C26H35N3O4S2. The number of aryl methyl sites for hydroxylation is 1. The fraction of sp³-hybridized carbons (Fsp3) is 0.462. The standard InChI is InChI=1S/C26H35N3O4S2/c1-18(2)16-28(17-19(3)4)35(31,32)22-10-8-21(9-11-22)25(30)27-26-29(13-14-33-6)23-12-7-20(5)15-24(23)34-26/h7-12,15,18-19H,13-14,16-17H2,1-6H3. The summed E-state index contributed by atoms with van der Waals surface area (Å²) < 4.78 is 36.3. The zero-order chi connectivity index (χ0) is 25.8. The second-order valence-corrected chi connectivity index (χ2v) is 12.5. The van der Waals surface area contributed by atoms with E-state index in [1.807, 2.05) is 51.3 Å². The molecular weight excluding hydrogens is 482 g/mol. The molecule has 0 radical (unpaired) electrons. The Bertz CT molecular complexity index is 1330. The van der Waals surface area contributed by atoms with Crippen LogP contribution in [0.4, 0.5) is 0 Å². The van der Waals surface area contributed by atoms with E-state index in [4.69, 9.17) is 4.74 Å². The van der Waals surface area contributed by atoms with E-state index in [2.05, 4.69) is 11.1 Å². The number of thiazole rings is 1. The Morgan fingerprint density at radius 1 is 1.06 bits per heavy atom. The number of benzene rings is 2. The molecule has 1 heterocycles. The zero-order valence-electron chi connectivity index (χ0n) is 21.3. The van der Waals surface area contributed by atoms with Crippen molar-refractivity contribution in [3.63, 3.8) is 0 Å². The summed E-state index contributed by atoms with van der Waals surface area (Å²) in [6, 6.07) is 12.2. The lowest BCUT2D eigenvalue weighted by molar-refractivity contribution is 0.0997. The topological polar surface area (TPSA) is 81.0 Å². The Hall–Kier alpha value is -2.33. The highest BCUT2D eigenvalue weighted by Crippen LogP contribution is 2.21. The minimum absolute atomic E-state index is 0.183. The van der Waals surface area contributed by atoms with Crippen LogP contribution in [-0.4, -0.2) is 50.0 Å². The van der Waals surface area contributed by atoms with Crippen molar-refractivity contribution in [1.82, 2.24) is 8.87 Å². The van der Waals surface area contributed by atoms with Crippen LogP contribution < -0.4 is 4.80 Å². The number of carbonyl (C=O) groups is 1. The number of amides is 1. The summed E-state index contributed by atoms with van der Waals surface area (Å²) >= 11 is 1.45. The second-order valence-electron chi connectivity index (χ2n) is 9.55. The molecule has 35 heavy (non-hydrogen) atoms. The SMILES string of the molecule is COCCn1c(=NC(=O)c2ccc(S(=O)(=O)N(CC(C)C)CC(C)C)cc2)sc2cc(C)ccc21. The number of rotatable bonds is 10. The third-order valence-corrected chi connectivity index (χ3v) is 8.32. The first kappa shape index (κ1) is 27.3. The van der Waals surface area contributed by atoms with Gasteiger partial charge in [-0.3, -0.25) is 4.79 Å². The van der Waals surface area contributed by atoms with Gasteiger partial charge >= 0.3 is 0 Å². The fourth-order valence-electron chi connectivity index (χ4n) is 3.82. The predicted octanol–water partition coefficient (Wildman–Crippen LogP) is 4.70. The molecule has 9 heteroatoms. The molecule has 0 spiro atoms. The van der Waals surface area contributed by atoms with Crippen molar-refractivity contribution in [1.29, 1.82) is 0 Å². The van der Waals surface area contributed by atoms with E-state index < -0.39 is 15.9 Å². The minimum Gasteiger partial charge on any atom is -0.383 e. The molecule has 0 N–H and O–H groups in total. The van der Waals surface area contributed by atoms with Gasteiger partial charge in [0.15, 0.2) is 4.80 Å². The van der Waals surface area contributed by atoms with Crippen LogP contribution in [0.25, 0.3) is 10.2 Å². The van der Waals surface area contributed by atoms with Crippen LogP contribution in [0.15, 0.2) is 52.4 Å². The van der Waals surface area contributed by atoms with Gasteiger partial charge in [-0.15, -0.1) is 0 Å². The van der Waals surface area contributed by atoms with Crippen LogP contribution in [0.3, 0.4) is 0 Å². The van der Waals surface area contributed by atoms with Gasteiger partial charge in [0.2, 0.25) is 10.0 Å². The number of methoxy groups -OCH3 is 1. The molecule has 0 aliphatic carbocycles.